The van der Waals surface area contributed by atoms with Crippen LogP contribution in [0.3, 0.4) is 0 Å². The third kappa shape index (κ3) is 4.49. The summed E-state index contributed by atoms with van der Waals surface area (Å²) in [5.74, 6) is -0.105. The molecule has 0 bridgehead atoms. The van der Waals surface area contributed by atoms with Crippen LogP contribution in [-0.2, 0) is 17.4 Å². The monoisotopic (exact) mass is 313 g/mol. The van der Waals surface area contributed by atoms with E-state index in [-0.39, 0.29) is 18.4 Å². The summed E-state index contributed by atoms with van der Waals surface area (Å²) in [6, 6.07) is 5.26. The molecule has 122 valence electrons. The minimum atomic E-state index is -4.37. The number of halogens is 3. The van der Waals surface area contributed by atoms with E-state index in [2.05, 4.69) is 0 Å². The highest BCUT2D eigenvalue weighted by Gasteiger charge is 2.30. The Balaban J connectivity index is 2.01. The van der Waals surface area contributed by atoms with E-state index in [0.29, 0.717) is 5.56 Å². The highest BCUT2D eigenvalue weighted by Crippen LogP contribution is 2.29. The minimum Gasteiger partial charge on any atom is -0.342 e. The van der Waals surface area contributed by atoms with E-state index < -0.39 is 11.7 Å². The van der Waals surface area contributed by atoms with Gasteiger partial charge >= 0.3 is 6.18 Å². The lowest BCUT2D eigenvalue weighted by Gasteiger charge is -2.27. The van der Waals surface area contributed by atoms with Gasteiger partial charge < -0.3 is 4.90 Å². The molecule has 0 aromatic heterocycles. The molecule has 22 heavy (non-hydrogen) atoms. The molecule has 0 spiro atoms. The Kier molecular flexibility index (Phi) is 5.48. The number of nitrogens with zero attached hydrogens (tertiary/aromatic N) is 1. The smallest absolute Gasteiger partial charge is 0.342 e. The van der Waals surface area contributed by atoms with Crippen molar-refractivity contribution >= 4 is 5.91 Å². The number of rotatable bonds is 3. The second-order valence-electron chi connectivity index (χ2n) is 6.02. The van der Waals surface area contributed by atoms with Gasteiger partial charge in [-0.25, -0.2) is 0 Å². The lowest BCUT2D eigenvalue weighted by atomic mass is 10.0. The normalized spacial score (nSPS) is 17.1. The Morgan fingerprint density at radius 3 is 2.41 bits per heavy atom. The third-order valence-electron chi connectivity index (χ3n) is 4.38. The van der Waals surface area contributed by atoms with Gasteiger partial charge in [0.2, 0.25) is 5.91 Å². The van der Waals surface area contributed by atoms with Gasteiger partial charge in [0.25, 0.3) is 0 Å². The summed E-state index contributed by atoms with van der Waals surface area (Å²) in [6.07, 6.45) is 2.27. The first kappa shape index (κ1) is 16.8. The van der Waals surface area contributed by atoms with Crippen LogP contribution in [0.2, 0.25) is 0 Å². The number of likely N-dealkylation sites (N-methyl/N-ethyl adjacent to an activating group) is 1. The van der Waals surface area contributed by atoms with Crippen LogP contribution in [-0.4, -0.2) is 23.9 Å². The second kappa shape index (κ2) is 7.16. The van der Waals surface area contributed by atoms with Gasteiger partial charge in [-0.3, -0.25) is 4.79 Å². The summed E-state index contributed by atoms with van der Waals surface area (Å²) in [5, 5.41) is 0. The predicted octanol–water partition coefficient (Wildman–Crippen LogP) is 4.43. The van der Waals surface area contributed by atoms with Crippen LogP contribution in [0.5, 0.6) is 0 Å². The summed E-state index contributed by atoms with van der Waals surface area (Å²) in [4.78, 5) is 14.1. The van der Waals surface area contributed by atoms with Crippen molar-refractivity contribution in [3.63, 3.8) is 0 Å². The van der Waals surface area contributed by atoms with Crippen molar-refractivity contribution in [2.75, 3.05) is 7.05 Å². The molecule has 0 atom stereocenters. The van der Waals surface area contributed by atoms with E-state index in [1.807, 2.05) is 0 Å². The number of benzene rings is 1. The highest BCUT2D eigenvalue weighted by atomic mass is 19.4. The Morgan fingerprint density at radius 2 is 1.82 bits per heavy atom. The Labute approximate surface area is 129 Å². The zero-order chi connectivity index (χ0) is 16.2. The van der Waals surface area contributed by atoms with Crippen LogP contribution in [0.25, 0.3) is 0 Å². The Hall–Kier alpha value is -1.52. The van der Waals surface area contributed by atoms with Crippen LogP contribution in [0.15, 0.2) is 24.3 Å². The molecule has 0 radical (unpaired) electrons. The van der Waals surface area contributed by atoms with Crippen molar-refractivity contribution in [1.29, 1.82) is 0 Å². The van der Waals surface area contributed by atoms with E-state index in [0.717, 1.165) is 37.8 Å². The number of hydrogen-bond acceptors (Lipinski definition) is 1. The van der Waals surface area contributed by atoms with Gasteiger partial charge in [-0.05, 0) is 24.5 Å². The molecule has 1 fully saturated rings. The van der Waals surface area contributed by atoms with Crippen LogP contribution < -0.4 is 0 Å². The van der Waals surface area contributed by atoms with Crippen molar-refractivity contribution < 1.29 is 18.0 Å². The first-order chi connectivity index (χ1) is 10.4. The molecular weight excluding hydrogens is 291 g/mol. The largest absolute Gasteiger partial charge is 0.416 e. The summed E-state index contributed by atoms with van der Waals surface area (Å²) >= 11 is 0. The molecule has 1 amide bonds. The van der Waals surface area contributed by atoms with Gasteiger partial charge in [0.05, 0.1) is 12.0 Å². The highest BCUT2D eigenvalue weighted by molar-refractivity contribution is 5.78. The van der Waals surface area contributed by atoms with E-state index in [1.165, 1.54) is 18.9 Å². The SMILES string of the molecule is CN(C(=O)Cc1cccc(C(F)(F)F)c1)C1CCCCCC1. The molecule has 1 saturated carbocycles. The van der Waals surface area contributed by atoms with Crippen molar-refractivity contribution in [2.45, 2.75) is 57.2 Å². The number of carbonyl (C=O) groups is 1. The van der Waals surface area contributed by atoms with Crippen LogP contribution >= 0.6 is 0 Å². The third-order valence-corrected chi connectivity index (χ3v) is 4.38. The summed E-state index contributed by atoms with van der Waals surface area (Å²) in [6.45, 7) is 0. The molecule has 5 heteroatoms. The van der Waals surface area contributed by atoms with Crippen molar-refractivity contribution in [3.05, 3.63) is 35.4 Å². The molecule has 0 aliphatic heterocycles. The molecule has 0 N–H and O–H groups in total. The minimum absolute atomic E-state index is 0.0247. The lowest BCUT2D eigenvalue weighted by Crippen LogP contribution is -2.37. The van der Waals surface area contributed by atoms with Crippen LogP contribution in [0, 0.1) is 0 Å². The summed E-state index contributed by atoms with van der Waals surface area (Å²) < 4.78 is 38.1. The molecule has 1 aliphatic carbocycles. The van der Waals surface area contributed by atoms with E-state index >= 15 is 0 Å². The number of hydrogen-bond donors (Lipinski definition) is 0. The number of amides is 1. The molecule has 1 aromatic carbocycles. The Morgan fingerprint density at radius 1 is 1.18 bits per heavy atom. The zero-order valence-electron chi connectivity index (χ0n) is 12.8. The van der Waals surface area contributed by atoms with Crippen molar-refractivity contribution in [1.82, 2.24) is 4.90 Å². The van der Waals surface area contributed by atoms with Gasteiger partial charge in [0.15, 0.2) is 0 Å². The number of carbonyl (C=O) groups excluding carboxylic acids is 1. The van der Waals surface area contributed by atoms with Gasteiger partial charge in [-0.15, -0.1) is 0 Å². The average Bonchev–Trinajstić information content (AvgIpc) is 2.75. The zero-order valence-corrected chi connectivity index (χ0v) is 12.8. The van der Waals surface area contributed by atoms with E-state index in [4.69, 9.17) is 0 Å². The maximum atomic E-state index is 12.7. The van der Waals surface area contributed by atoms with Gasteiger partial charge in [0, 0.05) is 13.1 Å². The lowest BCUT2D eigenvalue weighted by molar-refractivity contribution is -0.138. The molecule has 2 nitrogen and oxygen atoms in total. The predicted molar refractivity (Wildman–Crippen MR) is 79.4 cm³/mol. The van der Waals surface area contributed by atoms with Gasteiger partial charge in [-0.1, -0.05) is 43.9 Å². The van der Waals surface area contributed by atoms with Crippen LogP contribution in [0.4, 0.5) is 13.2 Å². The average molecular weight is 313 g/mol. The van der Waals surface area contributed by atoms with Crippen molar-refractivity contribution in [2.24, 2.45) is 0 Å². The maximum absolute atomic E-state index is 12.7. The first-order valence-corrected chi connectivity index (χ1v) is 7.80. The fourth-order valence-corrected chi connectivity index (χ4v) is 3.01. The van der Waals surface area contributed by atoms with E-state index in [9.17, 15) is 18.0 Å². The molecule has 0 unspecified atom stereocenters. The topological polar surface area (TPSA) is 20.3 Å². The fraction of sp³-hybridized carbons (Fsp3) is 0.588. The molecule has 0 saturated heterocycles. The van der Waals surface area contributed by atoms with E-state index in [1.54, 1.807) is 18.0 Å². The molecule has 2 rings (SSSR count). The first-order valence-electron chi connectivity index (χ1n) is 7.80. The van der Waals surface area contributed by atoms with Crippen LogP contribution in [0.1, 0.15) is 49.7 Å². The number of alkyl halides is 3. The van der Waals surface area contributed by atoms with Gasteiger partial charge in [0.1, 0.15) is 0 Å². The Bertz CT molecular complexity index is 505. The standard InChI is InChI=1S/C17H22F3NO/c1-21(15-9-4-2-3-5-10-15)16(22)12-13-7-6-8-14(11-13)17(18,19)20/h6-8,11,15H,2-5,9-10,12H2,1H3. The maximum Gasteiger partial charge on any atom is 0.416 e. The molecule has 0 heterocycles. The molecular formula is C17H22F3NO. The molecule has 1 aliphatic rings. The quantitative estimate of drug-likeness (QED) is 0.756. The molecule has 1 aromatic rings. The van der Waals surface area contributed by atoms with Crippen molar-refractivity contribution in [3.8, 4) is 0 Å². The fourth-order valence-electron chi connectivity index (χ4n) is 3.01. The van der Waals surface area contributed by atoms with Gasteiger partial charge in [-0.2, -0.15) is 13.2 Å². The summed E-state index contributed by atoms with van der Waals surface area (Å²) in [5.41, 5.74) is -0.282. The second-order valence-corrected chi connectivity index (χ2v) is 6.02. The summed E-state index contributed by atoms with van der Waals surface area (Å²) in [7, 11) is 1.77.